The van der Waals surface area contributed by atoms with Crippen LogP contribution in [0.4, 0.5) is 17.5 Å². The second-order valence-electron chi connectivity index (χ2n) is 6.38. The number of nitrogens with zero attached hydrogens (tertiary/aromatic N) is 4. The van der Waals surface area contributed by atoms with E-state index in [2.05, 4.69) is 27.4 Å². The lowest BCUT2D eigenvalue weighted by Gasteiger charge is -2.14. The number of hydrogen-bond acceptors (Lipinski definition) is 6. The van der Waals surface area contributed by atoms with Crippen LogP contribution in [0, 0.1) is 36.5 Å². The zero-order valence-corrected chi connectivity index (χ0v) is 16.2. The number of anilines is 3. The highest BCUT2D eigenvalue weighted by atomic mass is 35.5. The minimum atomic E-state index is 0.187. The predicted molar refractivity (Wildman–Crippen MR) is 109 cm³/mol. The first-order valence-electron chi connectivity index (χ1n) is 8.50. The molecule has 0 amide bonds. The normalized spacial score (nSPS) is 10.2. The monoisotopic (exact) mass is 388 g/mol. The van der Waals surface area contributed by atoms with Crippen molar-refractivity contribution in [3.05, 3.63) is 74.9 Å². The lowest BCUT2D eigenvalue weighted by atomic mass is 9.96. The minimum Gasteiger partial charge on any atom is -0.382 e. The van der Waals surface area contributed by atoms with Gasteiger partial charge >= 0.3 is 0 Å². The topological polar surface area (TPSA) is 111 Å². The smallest absolute Gasteiger partial charge is 0.229 e. The Kier molecular flexibility index (Phi) is 5.44. The molecule has 6 nitrogen and oxygen atoms in total. The van der Waals surface area contributed by atoms with Crippen molar-refractivity contribution in [2.75, 3.05) is 11.1 Å². The molecule has 0 atom stereocenters. The van der Waals surface area contributed by atoms with Gasteiger partial charge in [0, 0.05) is 12.1 Å². The summed E-state index contributed by atoms with van der Waals surface area (Å²) >= 11 is 6.35. The highest BCUT2D eigenvalue weighted by Gasteiger charge is 2.14. The Morgan fingerprint density at radius 2 is 1.61 bits per heavy atom. The third-order valence-corrected chi connectivity index (χ3v) is 4.80. The van der Waals surface area contributed by atoms with Crippen molar-refractivity contribution in [2.24, 2.45) is 0 Å². The van der Waals surface area contributed by atoms with Gasteiger partial charge in [-0.2, -0.15) is 15.5 Å². The van der Waals surface area contributed by atoms with Crippen LogP contribution in [0.25, 0.3) is 0 Å². The van der Waals surface area contributed by atoms with Gasteiger partial charge in [-0.3, -0.25) is 0 Å². The Bertz CT molecular complexity index is 1100. The largest absolute Gasteiger partial charge is 0.382 e. The molecule has 7 heteroatoms. The van der Waals surface area contributed by atoms with Crippen LogP contribution in [0.3, 0.4) is 0 Å². The molecule has 0 aliphatic carbocycles. The summed E-state index contributed by atoms with van der Waals surface area (Å²) in [5, 5.41) is 21.4. The third kappa shape index (κ3) is 4.03. The molecule has 0 aliphatic heterocycles. The number of rotatable bonds is 4. The van der Waals surface area contributed by atoms with E-state index < -0.39 is 0 Å². The van der Waals surface area contributed by atoms with E-state index in [0.717, 1.165) is 22.4 Å². The molecule has 0 saturated heterocycles. The first kappa shape index (κ1) is 19.2. The van der Waals surface area contributed by atoms with Crippen molar-refractivity contribution >= 4 is 29.1 Å². The molecule has 0 fully saturated rings. The van der Waals surface area contributed by atoms with Crippen LogP contribution in [-0.4, -0.2) is 9.97 Å². The van der Waals surface area contributed by atoms with Crippen LogP contribution in [0.15, 0.2) is 36.4 Å². The fraction of sp³-hybridized carbons (Fsp3) is 0.143. The van der Waals surface area contributed by atoms with E-state index in [-0.39, 0.29) is 5.82 Å². The summed E-state index contributed by atoms with van der Waals surface area (Å²) in [5.41, 5.74) is 11.5. The van der Waals surface area contributed by atoms with E-state index >= 15 is 0 Å². The molecule has 0 spiro atoms. The molecule has 3 N–H and O–H groups in total. The number of benzene rings is 2. The minimum absolute atomic E-state index is 0.187. The van der Waals surface area contributed by atoms with Crippen molar-refractivity contribution in [1.29, 1.82) is 10.5 Å². The average Bonchev–Trinajstić information content (AvgIpc) is 2.68. The van der Waals surface area contributed by atoms with Crippen molar-refractivity contribution in [3.63, 3.8) is 0 Å². The Hall–Kier alpha value is -3.61. The van der Waals surface area contributed by atoms with E-state index in [9.17, 15) is 0 Å². The summed E-state index contributed by atoms with van der Waals surface area (Å²) in [4.78, 5) is 8.73. The van der Waals surface area contributed by atoms with Crippen molar-refractivity contribution in [2.45, 2.75) is 20.3 Å². The molecule has 3 aromatic rings. The van der Waals surface area contributed by atoms with E-state index in [1.165, 1.54) is 0 Å². The molecule has 28 heavy (non-hydrogen) atoms. The quantitative estimate of drug-likeness (QED) is 0.684. The van der Waals surface area contributed by atoms with Crippen molar-refractivity contribution in [1.82, 2.24) is 9.97 Å². The van der Waals surface area contributed by atoms with E-state index in [0.29, 0.717) is 34.2 Å². The molecule has 1 aromatic heterocycles. The van der Waals surface area contributed by atoms with E-state index in [1.54, 1.807) is 24.3 Å². The molecule has 0 saturated carbocycles. The lowest BCUT2D eigenvalue weighted by Crippen LogP contribution is -2.07. The van der Waals surface area contributed by atoms with Crippen LogP contribution < -0.4 is 11.1 Å². The Morgan fingerprint density at radius 3 is 2.18 bits per heavy atom. The maximum absolute atomic E-state index is 9.12. The number of hydrogen-bond donors (Lipinski definition) is 2. The van der Waals surface area contributed by atoms with Gasteiger partial charge in [0.1, 0.15) is 10.8 Å². The zero-order chi connectivity index (χ0) is 20.3. The van der Waals surface area contributed by atoms with Gasteiger partial charge in [0.2, 0.25) is 5.95 Å². The number of nitrogens with one attached hydrogen (secondary N) is 1. The van der Waals surface area contributed by atoms with Gasteiger partial charge < -0.3 is 11.1 Å². The molecule has 0 radical (unpaired) electrons. The third-order valence-electron chi connectivity index (χ3n) is 4.38. The molecule has 2 aromatic carbocycles. The maximum atomic E-state index is 9.12. The molecular weight excluding hydrogens is 372 g/mol. The summed E-state index contributed by atoms with van der Waals surface area (Å²) in [6.07, 6.45) is 0.469. The van der Waals surface area contributed by atoms with Crippen LogP contribution in [0.5, 0.6) is 0 Å². The Labute approximate surface area is 168 Å². The summed E-state index contributed by atoms with van der Waals surface area (Å²) in [6, 6.07) is 14.9. The predicted octanol–water partition coefficient (Wildman–Crippen LogP) is 4.41. The summed E-state index contributed by atoms with van der Waals surface area (Å²) in [7, 11) is 0. The molecular formula is C21H17ClN6. The fourth-order valence-electron chi connectivity index (χ4n) is 2.95. The number of aryl methyl sites for hydroxylation is 2. The van der Waals surface area contributed by atoms with Gasteiger partial charge in [-0.25, -0.2) is 4.98 Å². The van der Waals surface area contributed by atoms with Gasteiger partial charge in [0.25, 0.3) is 0 Å². The van der Waals surface area contributed by atoms with Gasteiger partial charge in [0.05, 0.1) is 29.0 Å². The zero-order valence-electron chi connectivity index (χ0n) is 15.4. The number of nitrogen functional groups attached to an aromatic ring is 1. The van der Waals surface area contributed by atoms with Crippen LogP contribution in [0.2, 0.25) is 5.02 Å². The van der Waals surface area contributed by atoms with Gasteiger partial charge in [0.15, 0.2) is 0 Å². The van der Waals surface area contributed by atoms with Gasteiger partial charge in [-0.1, -0.05) is 11.6 Å². The summed E-state index contributed by atoms with van der Waals surface area (Å²) in [5.74, 6) is 0.511. The highest BCUT2D eigenvalue weighted by Crippen LogP contribution is 2.28. The summed E-state index contributed by atoms with van der Waals surface area (Å²) in [6.45, 7) is 3.91. The van der Waals surface area contributed by atoms with Crippen molar-refractivity contribution < 1.29 is 0 Å². The number of aromatic nitrogens is 2. The van der Waals surface area contributed by atoms with Crippen LogP contribution in [0.1, 0.15) is 33.5 Å². The Morgan fingerprint density at radius 1 is 1.00 bits per heavy atom. The van der Waals surface area contributed by atoms with Crippen molar-refractivity contribution in [3.8, 4) is 12.1 Å². The Balaban J connectivity index is 1.94. The summed E-state index contributed by atoms with van der Waals surface area (Å²) < 4.78 is 0. The molecule has 0 aliphatic rings. The second-order valence-corrected chi connectivity index (χ2v) is 6.76. The standard InChI is InChI=1S/C21H17ClN6/c1-12-7-15(11-24)8-13(2)17(12)9-18-19(22)20(25)28-21(27-18)26-16-5-3-14(10-23)4-6-16/h3-8H,9H2,1-2H3,(H3,25,26,27,28). The van der Waals surface area contributed by atoms with Crippen LogP contribution in [-0.2, 0) is 6.42 Å². The first-order valence-corrected chi connectivity index (χ1v) is 8.88. The van der Waals surface area contributed by atoms with Gasteiger partial charge in [-0.05, 0) is 66.9 Å². The average molecular weight is 389 g/mol. The lowest BCUT2D eigenvalue weighted by molar-refractivity contribution is 1.02. The van der Waals surface area contributed by atoms with Gasteiger partial charge in [-0.15, -0.1) is 0 Å². The highest BCUT2D eigenvalue weighted by molar-refractivity contribution is 6.33. The SMILES string of the molecule is Cc1cc(C#N)cc(C)c1Cc1nc(Nc2ccc(C#N)cc2)nc(N)c1Cl. The molecule has 3 rings (SSSR count). The van der Waals surface area contributed by atoms with Crippen LogP contribution >= 0.6 is 11.6 Å². The molecule has 0 bridgehead atoms. The number of halogens is 1. The molecule has 0 unspecified atom stereocenters. The number of nitrogens with two attached hydrogens (primary N) is 1. The maximum Gasteiger partial charge on any atom is 0.229 e. The van der Waals surface area contributed by atoms with E-state index in [4.69, 9.17) is 27.9 Å². The second kappa shape index (κ2) is 7.96. The first-order chi connectivity index (χ1) is 13.4. The molecule has 1 heterocycles. The molecule has 138 valence electrons. The van der Waals surface area contributed by atoms with E-state index in [1.807, 2.05) is 26.0 Å². The number of nitriles is 2. The fourth-order valence-corrected chi connectivity index (χ4v) is 3.10.